The van der Waals surface area contributed by atoms with Crippen LogP contribution in [0.4, 0.5) is 0 Å². The molecule has 0 heterocycles. The number of aliphatic carboxylic acids is 1. The molecule has 0 rings (SSSR count). The van der Waals surface area contributed by atoms with E-state index >= 15 is 0 Å². The first kappa shape index (κ1) is 16.0. The second kappa shape index (κ2) is 15.0. The van der Waals surface area contributed by atoms with Crippen LogP contribution in [-0.2, 0) is 4.79 Å². The number of hydrogen-bond acceptors (Lipinski definition) is 1. The summed E-state index contributed by atoms with van der Waals surface area (Å²) < 4.78 is 0. The topological polar surface area (TPSA) is 37.3 Å². The van der Waals surface area contributed by atoms with Crippen molar-refractivity contribution in [2.75, 3.05) is 0 Å². The number of rotatable bonds is 7. The van der Waals surface area contributed by atoms with Crippen LogP contribution in [0.2, 0.25) is 0 Å². The van der Waals surface area contributed by atoms with Gasteiger partial charge >= 0.3 is 5.97 Å². The zero-order chi connectivity index (χ0) is 11.9. The van der Waals surface area contributed by atoms with Crippen LogP contribution >= 0.6 is 0 Å². The predicted octanol–water partition coefficient (Wildman–Crippen LogP) is 3.40. The fraction of sp³-hybridized carbons (Fsp3) is 0.462. The molecule has 0 spiro atoms. The Morgan fingerprint density at radius 3 is 2.40 bits per heavy atom. The van der Waals surface area contributed by atoms with Gasteiger partial charge in [-0.05, 0) is 26.2 Å². The largest absolute Gasteiger partial charge is 0.481 e. The zero-order valence-electron chi connectivity index (χ0n) is 9.36. The number of carboxylic acids is 1. The summed E-state index contributed by atoms with van der Waals surface area (Å²) in [5, 5.41) is 8.36. The van der Waals surface area contributed by atoms with Crippen molar-refractivity contribution in [2.24, 2.45) is 0 Å². The highest BCUT2D eigenvalue weighted by atomic mass is 16.4. The third-order valence-corrected chi connectivity index (χ3v) is 1.70. The minimum atomic E-state index is -0.690. The molecule has 0 saturated carbocycles. The van der Waals surface area contributed by atoms with Crippen molar-refractivity contribution in [3.8, 4) is 12.8 Å². The first-order valence-electron chi connectivity index (χ1n) is 5.10. The molecule has 0 bridgehead atoms. The van der Waals surface area contributed by atoms with Gasteiger partial charge in [0.2, 0.25) is 0 Å². The van der Waals surface area contributed by atoms with Crippen molar-refractivity contribution in [3.63, 3.8) is 0 Å². The Labute approximate surface area is 92.7 Å². The Balaban J connectivity index is 0. The lowest BCUT2D eigenvalue weighted by Crippen LogP contribution is -1.93. The van der Waals surface area contributed by atoms with Gasteiger partial charge < -0.3 is 5.11 Å². The molecule has 0 aliphatic heterocycles. The van der Waals surface area contributed by atoms with Gasteiger partial charge in [-0.1, -0.05) is 30.7 Å². The lowest BCUT2D eigenvalue weighted by molar-refractivity contribution is -0.137. The molecule has 0 aromatic heterocycles. The summed E-state index contributed by atoms with van der Waals surface area (Å²) in [5.74, 6) is -0.690. The van der Waals surface area contributed by atoms with E-state index in [1.807, 2.05) is 25.2 Å². The average molecular weight is 208 g/mol. The summed E-state index contributed by atoms with van der Waals surface area (Å²) in [6.07, 6.45) is 20.4. The maximum absolute atomic E-state index is 10.2. The molecule has 0 saturated heterocycles. The van der Waals surface area contributed by atoms with Gasteiger partial charge in [0.25, 0.3) is 0 Å². The fourth-order valence-electron chi connectivity index (χ4n) is 1.00. The predicted molar refractivity (Wildman–Crippen MR) is 64.6 cm³/mol. The number of allylic oxidation sites excluding steroid dienone is 4. The SMILES string of the molecule is C#C.C/C=C\C=C/CCCCCC(=O)O. The molecule has 1 N–H and O–H groups in total. The summed E-state index contributed by atoms with van der Waals surface area (Å²) >= 11 is 0. The maximum atomic E-state index is 10.2. The highest BCUT2D eigenvalue weighted by molar-refractivity contribution is 5.66. The fourth-order valence-corrected chi connectivity index (χ4v) is 1.00. The molecule has 0 radical (unpaired) electrons. The molecular weight excluding hydrogens is 188 g/mol. The Bertz CT molecular complexity index is 212. The molecule has 0 aliphatic rings. The monoisotopic (exact) mass is 208 g/mol. The minimum Gasteiger partial charge on any atom is -0.481 e. The van der Waals surface area contributed by atoms with Gasteiger partial charge in [0, 0.05) is 6.42 Å². The third-order valence-electron chi connectivity index (χ3n) is 1.70. The minimum absolute atomic E-state index is 0.304. The number of unbranched alkanes of at least 4 members (excludes halogenated alkanes) is 3. The van der Waals surface area contributed by atoms with Gasteiger partial charge in [-0.2, -0.15) is 0 Å². The molecule has 2 heteroatoms. The second-order valence-electron chi connectivity index (χ2n) is 2.95. The van der Waals surface area contributed by atoms with Gasteiger partial charge in [0.15, 0.2) is 0 Å². The number of carbonyl (C=O) groups is 1. The van der Waals surface area contributed by atoms with Crippen LogP contribution in [0.25, 0.3) is 0 Å². The first-order chi connectivity index (χ1) is 7.27. The Morgan fingerprint density at radius 1 is 1.20 bits per heavy atom. The van der Waals surface area contributed by atoms with E-state index in [4.69, 9.17) is 5.11 Å². The van der Waals surface area contributed by atoms with E-state index in [0.29, 0.717) is 6.42 Å². The molecule has 0 atom stereocenters. The highest BCUT2D eigenvalue weighted by Gasteiger charge is 1.94. The van der Waals surface area contributed by atoms with Crippen molar-refractivity contribution in [2.45, 2.75) is 39.0 Å². The van der Waals surface area contributed by atoms with E-state index < -0.39 is 5.97 Å². The summed E-state index contributed by atoms with van der Waals surface area (Å²) in [7, 11) is 0. The average Bonchev–Trinajstić information content (AvgIpc) is 2.24. The smallest absolute Gasteiger partial charge is 0.303 e. The Morgan fingerprint density at radius 2 is 1.87 bits per heavy atom. The van der Waals surface area contributed by atoms with Crippen LogP contribution < -0.4 is 0 Å². The van der Waals surface area contributed by atoms with Crippen LogP contribution in [0.5, 0.6) is 0 Å². The maximum Gasteiger partial charge on any atom is 0.303 e. The number of carboxylic acid groups (broad SMARTS) is 1. The Kier molecular flexibility index (Phi) is 16.0. The van der Waals surface area contributed by atoms with E-state index in [9.17, 15) is 4.79 Å². The quantitative estimate of drug-likeness (QED) is 0.395. The van der Waals surface area contributed by atoms with Gasteiger partial charge in [-0.3, -0.25) is 4.79 Å². The van der Waals surface area contributed by atoms with Crippen molar-refractivity contribution in [1.29, 1.82) is 0 Å². The van der Waals surface area contributed by atoms with Crippen LogP contribution in [0, 0.1) is 12.8 Å². The summed E-state index contributed by atoms with van der Waals surface area (Å²) in [6.45, 7) is 1.98. The molecule has 2 nitrogen and oxygen atoms in total. The van der Waals surface area contributed by atoms with Gasteiger partial charge in [0.1, 0.15) is 0 Å². The molecule has 0 fully saturated rings. The van der Waals surface area contributed by atoms with Crippen LogP contribution in [-0.4, -0.2) is 11.1 Å². The molecule has 0 aliphatic carbocycles. The van der Waals surface area contributed by atoms with Crippen molar-refractivity contribution in [3.05, 3.63) is 24.3 Å². The molecule has 0 amide bonds. The molecule has 15 heavy (non-hydrogen) atoms. The van der Waals surface area contributed by atoms with Crippen molar-refractivity contribution in [1.82, 2.24) is 0 Å². The number of terminal acetylenes is 1. The molecular formula is C13H20O2. The van der Waals surface area contributed by atoms with E-state index in [2.05, 4.69) is 18.9 Å². The van der Waals surface area contributed by atoms with E-state index in [1.165, 1.54) is 0 Å². The van der Waals surface area contributed by atoms with Crippen LogP contribution in [0.15, 0.2) is 24.3 Å². The first-order valence-corrected chi connectivity index (χ1v) is 5.10. The summed E-state index contributed by atoms with van der Waals surface area (Å²) in [4.78, 5) is 10.2. The van der Waals surface area contributed by atoms with Crippen molar-refractivity contribution < 1.29 is 9.90 Å². The summed E-state index contributed by atoms with van der Waals surface area (Å²) in [5.41, 5.74) is 0. The molecule has 84 valence electrons. The lowest BCUT2D eigenvalue weighted by atomic mass is 10.1. The van der Waals surface area contributed by atoms with E-state index in [-0.39, 0.29) is 0 Å². The van der Waals surface area contributed by atoms with Gasteiger partial charge in [-0.15, -0.1) is 12.8 Å². The molecule has 0 aromatic rings. The standard InChI is InChI=1S/C11H18O2.C2H2/c1-2-3-4-5-6-7-8-9-10-11(12)13;1-2/h2-5H,6-10H2,1H3,(H,12,13);1-2H/b3-2-,5-4-;. The van der Waals surface area contributed by atoms with E-state index in [0.717, 1.165) is 25.7 Å². The van der Waals surface area contributed by atoms with Gasteiger partial charge in [-0.25, -0.2) is 0 Å². The van der Waals surface area contributed by atoms with Crippen LogP contribution in [0.1, 0.15) is 39.0 Å². The Hall–Kier alpha value is -1.49. The molecule has 0 unspecified atom stereocenters. The van der Waals surface area contributed by atoms with Crippen molar-refractivity contribution >= 4 is 5.97 Å². The zero-order valence-corrected chi connectivity index (χ0v) is 9.36. The number of hydrogen-bond donors (Lipinski definition) is 1. The van der Waals surface area contributed by atoms with E-state index in [1.54, 1.807) is 0 Å². The van der Waals surface area contributed by atoms with Gasteiger partial charge in [0.05, 0.1) is 0 Å². The second-order valence-corrected chi connectivity index (χ2v) is 2.95. The highest BCUT2D eigenvalue weighted by Crippen LogP contribution is 2.03. The lowest BCUT2D eigenvalue weighted by Gasteiger charge is -1.94. The molecule has 0 aromatic carbocycles. The summed E-state index contributed by atoms with van der Waals surface area (Å²) in [6, 6.07) is 0. The van der Waals surface area contributed by atoms with Crippen LogP contribution in [0.3, 0.4) is 0 Å². The normalized spacial score (nSPS) is 10.1. The third kappa shape index (κ3) is 19.1.